The third kappa shape index (κ3) is 5.10. The number of carbonyl (C=O) groups excluding carboxylic acids is 1. The first-order valence-electron chi connectivity index (χ1n) is 11.9. The average molecular weight is 481 g/mol. The first kappa shape index (κ1) is 23.6. The van der Waals surface area contributed by atoms with E-state index in [1.807, 2.05) is 43.5 Å². The number of anilines is 1. The fraction of sp³-hybridized carbons (Fsp3) is 0.161. The van der Waals surface area contributed by atoms with Gasteiger partial charge in [-0.3, -0.25) is 9.78 Å². The third-order valence-electron chi connectivity index (χ3n) is 6.52. The summed E-state index contributed by atoms with van der Waals surface area (Å²) < 4.78 is 27.2. The maximum atomic E-state index is 13.6. The summed E-state index contributed by atoms with van der Waals surface area (Å²) in [5, 5.41) is 2.73. The Kier molecular flexibility index (Phi) is 6.23. The van der Waals surface area contributed by atoms with E-state index < -0.39 is 5.92 Å². The molecule has 0 fully saturated rings. The maximum absolute atomic E-state index is 13.6. The van der Waals surface area contributed by atoms with Gasteiger partial charge in [0.05, 0.1) is 12.1 Å². The van der Waals surface area contributed by atoms with Crippen LogP contribution < -0.4 is 5.32 Å². The van der Waals surface area contributed by atoms with Crippen molar-refractivity contribution in [2.75, 3.05) is 5.32 Å². The summed E-state index contributed by atoms with van der Waals surface area (Å²) in [4.78, 5) is 17.3. The van der Waals surface area contributed by atoms with Crippen LogP contribution in [0, 0.1) is 6.92 Å². The van der Waals surface area contributed by atoms with Gasteiger partial charge in [-0.1, -0.05) is 60.7 Å². The van der Waals surface area contributed by atoms with Gasteiger partial charge in [-0.15, -0.1) is 0 Å². The number of carbonyl (C=O) groups is 1. The molecule has 0 spiro atoms. The zero-order valence-electron chi connectivity index (χ0n) is 20.2. The molecule has 36 heavy (non-hydrogen) atoms. The fourth-order valence-corrected chi connectivity index (χ4v) is 4.52. The van der Waals surface area contributed by atoms with Gasteiger partial charge in [0, 0.05) is 36.4 Å². The fourth-order valence-electron chi connectivity index (χ4n) is 4.52. The standard InChI is InChI=1S/C31H26F2N2O/c1-20-13-23(26-15-25-14-24(16-29(25)34-19-26)21-7-4-3-5-8-21)12-11-22(20)17-30(36)35-28-10-6-9-27(18-28)31(2,32)33/h3-15,18-19H,16-17H2,1-2H3,(H,35,36). The van der Waals surface area contributed by atoms with Crippen molar-refractivity contribution in [3.05, 3.63) is 119 Å². The van der Waals surface area contributed by atoms with Crippen molar-refractivity contribution in [1.29, 1.82) is 0 Å². The number of fused-ring (bicyclic) bond motifs is 1. The van der Waals surface area contributed by atoms with E-state index in [2.05, 4.69) is 35.7 Å². The molecule has 1 amide bonds. The first-order chi connectivity index (χ1) is 17.3. The second-order valence-electron chi connectivity index (χ2n) is 9.31. The van der Waals surface area contributed by atoms with Crippen molar-refractivity contribution in [3.8, 4) is 11.1 Å². The predicted octanol–water partition coefficient (Wildman–Crippen LogP) is 7.45. The van der Waals surface area contributed by atoms with Crippen LogP contribution in [0.4, 0.5) is 14.5 Å². The van der Waals surface area contributed by atoms with Crippen LogP contribution in [-0.2, 0) is 23.6 Å². The van der Waals surface area contributed by atoms with Crippen LogP contribution >= 0.6 is 0 Å². The number of halogens is 2. The molecular formula is C31H26F2N2O. The van der Waals surface area contributed by atoms with Crippen molar-refractivity contribution < 1.29 is 13.6 Å². The van der Waals surface area contributed by atoms with Crippen LogP contribution in [-0.4, -0.2) is 10.9 Å². The molecule has 0 aliphatic heterocycles. The molecule has 0 atom stereocenters. The summed E-state index contributed by atoms with van der Waals surface area (Å²) in [5.74, 6) is -3.21. The highest BCUT2D eigenvalue weighted by atomic mass is 19.3. The molecule has 0 saturated heterocycles. The summed E-state index contributed by atoms with van der Waals surface area (Å²) >= 11 is 0. The molecule has 4 aromatic rings. The molecule has 180 valence electrons. The quantitative estimate of drug-likeness (QED) is 0.311. The minimum atomic E-state index is -2.96. The monoisotopic (exact) mass is 480 g/mol. The summed E-state index contributed by atoms with van der Waals surface area (Å²) in [5.41, 5.74) is 8.84. The predicted molar refractivity (Wildman–Crippen MR) is 141 cm³/mol. The van der Waals surface area contributed by atoms with Crippen molar-refractivity contribution in [2.45, 2.75) is 32.6 Å². The number of aromatic nitrogens is 1. The van der Waals surface area contributed by atoms with Gasteiger partial charge in [-0.05, 0) is 64.6 Å². The molecule has 0 bridgehead atoms. The Morgan fingerprint density at radius 2 is 1.75 bits per heavy atom. The number of nitrogens with one attached hydrogen (secondary N) is 1. The minimum absolute atomic E-state index is 0.130. The minimum Gasteiger partial charge on any atom is -0.326 e. The first-order valence-corrected chi connectivity index (χ1v) is 11.9. The number of benzene rings is 3. The molecule has 1 aromatic heterocycles. The number of hydrogen-bond acceptors (Lipinski definition) is 2. The van der Waals surface area contributed by atoms with E-state index >= 15 is 0 Å². The lowest BCUT2D eigenvalue weighted by Gasteiger charge is -2.13. The molecule has 1 heterocycles. The lowest BCUT2D eigenvalue weighted by atomic mass is 9.98. The van der Waals surface area contributed by atoms with Crippen LogP contribution in [0.3, 0.4) is 0 Å². The molecule has 3 nitrogen and oxygen atoms in total. The number of nitrogens with zero attached hydrogens (tertiary/aromatic N) is 1. The summed E-state index contributed by atoms with van der Waals surface area (Å²) in [6, 6.07) is 24.3. The largest absolute Gasteiger partial charge is 0.326 e. The Morgan fingerprint density at radius 1 is 0.944 bits per heavy atom. The Balaban J connectivity index is 1.30. The van der Waals surface area contributed by atoms with E-state index in [9.17, 15) is 13.6 Å². The molecule has 0 radical (unpaired) electrons. The van der Waals surface area contributed by atoms with Gasteiger partial charge in [0.1, 0.15) is 0 Å². The number of allylic oxidation sites excluding steroid dienone is 1. The van der Waals surface area contributed by atoms with Gasteiger partial charge >= 0.3 is 0 Å². The Morgan fingerprint density at radius 3 is 2.50 bits per heavy atom. The smallest absolute Gasteiger partial charge is 0.270 e. The van der Waals surface area contributed by atoms with Gasteiger partial charge in [0.15, 0.2) is 0 Å². The number of alkyl halides is 2. The van der Waals surface area contributed by atoms with Crippen molar-refractivity contribution in [3.63, 3.8) is 0 Å². The molecule has 1 aliphatic rings. The van der Waals surface area contributed by atoms with Crippen LogP contribution in [0.25, 0.3) is 22.8 Å². The van der Waals surface area contributed by atoms with E-state index in [1.54, 1.807) is 6.07 Å². The number of aryl methyl sites for hydroxylation is 1. The van der Waals surface area contributed by atoms with Crippen LogP contribution in [0.1, 0.15) is 40.4 Å². The van der Waals surface area contributed by atoms with E-state index in [0.29, 0.717) is 5.69 Å². The lowest BCUT2D eigenvalue weighted by Crippen LogP contribution is -2.16. The van der Waals surface area contributed by atoms with Gasteiger partial charge in [0.25, 0.3) is 5.92 Å². The third-order valence-corrected chi connectivity index (χ3v) is 6.52. The Hall–Kier alpha value is -4.12. The van der Waals surface area contributed by atoms with Crippen LogP contribution in [0.5, 0.6) is 0 Å². The van der Waals surface area contributed by atoms with Gasteiger partial charge in [-0.2, -0.15) is 0 Å². The van der Waals surface area contributed by atoms with Gasteiger partial charge in [-0.25, -0.2) is 8.78 Å². The van der Waals surface area contributed by atoms with Crippen molar-refractivity contribution in [1.82, 2.24) is 4.98 Å². The summed E-state index contributed by atoms with van der Waals surface area (Å²) in [7, 11) is 0. The molecular weight excluding hydrogens is 454 g/mol. The van der Waals surface area contributed by atoms with Crippen LogP contribution in [0.2, 0.25) is 0 Å². The second-order valence-corrected chi connectivity index (χ2v) is 9.31. The topological polar surface area (TPSA) is 42.0 Å². The molecule has 3 aromatic carbocycles. The van der Waals surface area contributed by atoms with Gasteiger partial charge < -0.3 is 5.32 Å². The number of amides is 1. The molecule has 0 unspecified atom stereocenters. The molecule has 5 heteroatoms. The SMILES string of the molecule is Cc1cc(-c2cnc3c(c2)C=C(c2ccccc2)C3)ccc1CC(=O)Nc1cccc(C(C)(F)F)c1. The normalized spacial score (nSPS) is 12.7. The highest BCUT2D eigenvalue weighted by Gasteiger charge is 2.24. The molecule has 0 saturated carbocycles. The zero-order chi connectivity index (χ0) is 25.3. The average Bonchev–Trinajstić information content (AvgIpc) is 3.29. The van der Waals surface area contributed by atoms with Gasteiger partial charge in [0.2, 0.25) is 5.91 Å². The summed E-state index contributed by atoms with van der Waals surface area (Å²) in [6.07, 6.45) is 5.09. The number of hydrogen-bond donors (Lipinski definition) is 1. The van der Waals surface area contributed by atoms with E-state index in [1.165, 1.54) is 29.3 Å². The van der Waals surface area contributed by atoms with E-state index in [4.69, 9.17) is 4.98 Å². The zero-order valence-corrected chi connectivity index (χ0v) is 20.2. The molecule has 5 rings (SSSR count). The Bertz CT molecular complexity index is 1470. The Labute approximate surface area is 209 Å². The van der Waals surface area contributed by atoms with Crippen molar-refractivity contribution in [2.24, 2.45) is 0 Å². The molecule has 1 N–H and O–H groups in total. The van der Waals surface area contributed by atoms with E-state index in [-0.39, 0.29) is 17.9 Å². The summed E-state index contributed by atoms with van der Waals surface area (Å²) in [6.45, 7) is 2.81. The highest BCUT2D eigenvalue weighted by molar-refractivity contribution is 5.93. The van der Waals surface area contributed by atoms with Crippen LogP contribution in [0.15, 0.2) is 85.1 Å². The maximum Gasteiger partial charge on any atom is 0.270 e. The highest BCUT2D eigenvalue weighted by Crippen LogP contribution is 2.33. The number of pyridine rings is 1. The lowest BCUT2D eigenvalue weighted by molar-refractivity contribution is -0.115. The number of rotatable bonds is 6. The second kappa shape index (κ2) is 9.50. The molecule has 1 aliphatic carbocycles. The van der Waals surface area contributed by atoms with Crippen molar-refractivity contribution >= 4 is 23.2 Å². The van der Waals surface area contributed by atoms with E-state index in [0.717, 1.165) is 46.9 Å².